The van der Waals surface area contributed by atoms with Gasteiger partial charge in [-0.2, -0.15) is 0 Å². The number of imide groups is 1. The fraction of sp³-hybridized carbons (Fsp3) is 0.185. The van der Waals surface area contributed by atoms with Gasteiger partial charge >= 0.3 is 0 Å². The van der Waals surface area contributed by atoms with Crippen LogP contribution >= 0.6 is 50.9 Å². The lowest BCUT2D eigenvalue weighted by Gasteiger charge is -2.15. The minimum atomic E-state index is -0.320. The van der Waals surface area contributed by atoms with Gasteiger partial charge in [-0.25, -0.2) is 0 Å². The Morgan fingerprint density at radius 3 is 2.39 bits per heavy atom. The summed E-state index contributed by atoms with van der Waals surface area (Å²) < 4.78 is 12.5. The Hall–Kier alpha value is -2.45. The third kappa shape index (κ3) is 6.27. The number of amides is 2. The van der Waals surface area contributed by atoms with Crippen molar-refractivity contribution in [2.24, 2.45) is 0 Å². The van der Waals surface area contributed by atoms with E-state index in [4.69, 9.17) is 32.7 Å². The van der Waals surface area contributed by atoms with E-state index in [1.54, 1.807) is 24.3 Å². The van der Waals surface area contributed by atoms with Crippen LogP contribution in [0.2, 0.25) is 10.0 Å². The minimum absolute atomic E-state index is 0.234. The molecule has 2 amide bonds. The summed E-state index contributed by atoms with van der Waals surface area (Å²) in [6.45, 7) is 4.78. The third-order valence-electron chi connectivity index (χ3n) is 5.33. The number of halogens is 3. The van der Waals surface area contributed by atoms with E-state index < -0.39 is 0 Å². The normalized spacial score (nSPS) is 14.6. The highest BCUT2D eigenvalue weighted by Crippen LogP contribution is 2.40. The fourth-order valence-corrected chi connectivity index (χ4v) is 5.26. The molecular weight excluding hydrogens is 585 g/mol. The molecule has 3 aromatic rings. The zero-order valence-corrected chi connectivity index (χ0v) is 23.4. The van der Waals surface area contributed by atoms with Crippen LogP contribution in [-0.2, 0) is 17.9 Å². The van der Waals surface area contributed by atoms with Crippen LogP contribution in [-0.4, -0.2) is 22.7 Å². The monoisotopic (exact) mass is 605 g/mol. The largest absolute Gasteiger partial charge is 0.490 e. The lowest BCUT2D eigenvalue weighted by Crippen LogP contribution is -2.27. The van der Waals surface area contributed by atoms with E-state index in [0.29, 0.717) is 43.1 Å². The summed E-state index contributed by atoms with van der Waals surface area (Å²) in [6.07, 6.45) is 1.69. The summed E-state index contributed by atoms with van der Waals surface area (Å²) in [7, 11) is 0. The number of hydrogen-bond acceptors (Lipinski definition) is 5. The SMILES string of the molecule is CCOc1cc(/C=C2\SC(=O)N(Cc3ccc(C)cc3)C2=O)cc(Br)c1OCc1ccc(Cl)c(Cl)c1. The Bertz CT molecular complexity index is 1340. The number of ether oxygens (including phenoxy) is 2. The van der Waals surface area contributed by atoms with E-state index in [2.05, 4.69) is 15.9 Å². The second kappa shape index (κ2) is 11.7. The molecule has 0 bridgehead atoms. The van der Waals surface area contributed by atoms with Crippen molar-refractivity contribution in [3.05, 3.63) is 96.3 Å². The molecule has 1 heterocycles. The highest BCUT2D eigenvalue weighted by atomic mass is 79.9. The van der Waals surface area contributed by atoms with E-state index in [1.165, 1.54) is 4.90 Å². The molecule has 1 saturated heterocycles. The Labute approximate surface area is 232 Å². The van der Waals surface area contributed by atoms with E-state index in [-0.39, 0.29) is 24.3 Å². The Balaban J connectivity index is 1.54. The van der Waals surface area contributed by atoms with Gasteiger partial charge in [-0.3, -0.25) is 14.5 Å². The summed E-state index contributed by atoms with van der Waals surface area (Å²) in [5.74, 6) is 0.712. The molecular formula is C27H22BrCl2NO4S. The maximum atomic E-state index is 13.0. The van der Waals surface area contributed by atoms with E-state index in [0.717, 1.165) is 28.5 Å². The van der Waals surface area contributed by atoms with Crippen molar-refractivity contribution in [3.63, 3.8) is 0 Å². The molecule has 1 fully saturated rings. The van der Waals surface area contributed by atoms with Crippen molar-refractivity contribution >= 4 is 68.1 Å². The smallest absolute Gasteiger partial charge is 0.293 e. The lowest BCUT2D eigenvalue weighted by atomic mass is 10.1. The van der Waals surface area contributed by atoms with Crippen LogP contribution in [0.1, 0.15) is 29.2 Å². The molecule has 0 saturated carbocycles. The molecule has 3 aromatic carbocycles. The summed E-state index contributed by atoms with van der Waals surface area (Å²) in [4.78, 5) is 27.2. The number of aryl methyl sites for hydroxylation is 1. The second-order valence-corrected chi connectivity index (χ2v) is 10.7. The number of nitrogens with zero attached hydrogens (tertiary/aromatic N) is 1. The van der Waals surface area contributed by atoms with E-state index >= 15 is 0 Å². The number of carbonyl (C=O) groups excluding carboxylic acids is 2. The first-order chi connectivity index (χ1) is 17.2. The number of thioether (sulfide) groups is 1. The molecule has 1 aliphatic heterocycles. The molecule has 9 heteroatoms. The molecule has 36 heavy (non-hydrogen) atoms. The first kappa shape index (κ1) is 26.6. The predicted octanol–water partition coefficient (Wildman–Crippen LogP) is 8.28. The van der Waals surface area contributed by atoms with Crippen LogP contribution in [0.25, 0.3) is 6.08 Å². The van der Waals surface area contributed by atoms with Gasteiger partial charge in [-0.05, 0) is 88.6 Å². The number of carbonyl (C=O) groups is 2. The summed E-state index contributed by atoms with van der Waals surface area (Å²) in [6, 6.07) is 16.7. The highest BCUT2D eigenvalue weighted by Gasteiger charge is 2.35. The maximum absolute atomic E-state index is 13.0. The Kier molecular flexibility index (Phi) is 8.67. The topological polar surface area (TPSA) is 55.8 Å². The average Bonchev–Trinajstić information content (AvgIpc) is 3.09. The lowest BCUT2D eigenvalue weighted by molar-refractivity contribution is -0.123. The minimum Gasteiger partial charge on any atom is -0.490 e. The number of rotatable bonds is 8. The molecule has 1 aliphatic rings. The predicted molar refractivity (Wildman–Crippen MR) is 149 cm³/mol. The summed E-state index contributed by atoms with van der Waals surface area (Å²) in [5, 5.41) is 0.635. The molecule has 0 aromatic heterocycles. The quantitative estimate of drug-likeness (QED) is 0.241. The van der Waals surface area contributed by atoms with Crippen molar-refractivity contribution in [1.82, 2.24) is 4.90 Å². The average molecular weight is 607 g/mol. The molecule has 186 valence electrons. The molecule has 5 nitrogen and oxygen atoms in total. The number of hydrogen-bond donors (Lipinski definition) is 0. The van der Waals surface area contributed by atoms with Crippen molar-refractivity contribution in [3.8, 4) is 11.5 Å². The Morgan fingerprint density at radius 1 is 0.972 bits per heavy atom. The third-order valence-corrected chi connectivity index (χ3v) is 7.57. The molecule has 4 rings (SSSR count). The molecule has 0 spiro atoms. The highest BCUT2D eigenvalue weighted by molar-refractivity contribution is 9.10. The van der Waals surface area contributed by atoms with Crippen LogP contribution in [0.5, 0.6) is 11.5 Å². The van der Waals surface area contributed by atoms with Crippen LogP contribution in [0.3, 0.4) is 0 Å². The van der Waals surface area contributed by atoms with Crippen molar-refractivity contribution < 1.29 is 19.1 Å². The summed E-state index contributed by atoms with van der Waals surface area (Å²) in [5.41, 5.74) is 3.57. The van der Waals surface area contributed by atoms with Gasteiger partial charge in [-0.1, -0.05) is 59.1 Å². The van der Waals surface area contributed by atoms with Gasteiger partial charge < -0.3 is 9.47 Å². The molecule has 0 aliphatic carbocycles. The van der Waals surface area contributed by atoms with Crippen LogP contribution in [0.4, 0.5) is 4.79 Å². The van der Waals surface area contributed by atoms with E-state index in [9.17, 15) is 9.59 Å². The first-order valence-electron chi connectivity index (χ1n) is 11.1. The zero-order chi connectivity index (χ0) is 25.8. The first-order valence-corrected chi connectivity index (χ1v) is 13.5. The molecule has 0 radical (unpaired) electrons. The summed E-state index contributed by atoms with van der Waals surface area (Å²) >= 11 is 16.6. The Morgan fingerprint density at radius 2 is 1.69 bits per heavy atom. The van der Waals surface area contributed by atoms with Gasteiger partial charge in [0.15, 0.2) is 11.5 Å². The van der Waals surface area contributed by atoms with E-state index in [1.807, 2.05) is 50.2 Å². The van der Waals surface area contributed by atoms with Gasteiger partial charge in [0, 0.05) is 0 Å². The molecule has 0 N–H and O–H groups in total. The van der Waals surface area contributed by atoms with Crippen molar-refractivity contribution in [2.45, 2.75) is 27.0 Å². The van der Waals surface area contributed by atoms with Crippen LogP contribution < -0.4 is 9.47 Å². The van der Waals surface area contributed by atoms with Gasteiger partial charge in [-0.15, -0.1) is 0 Å². The van der Waals surface area contributed by atoms with Gasteiger partial charge in [0.25, 0.3) is 11.1 Å². The maximum Gasteiger partial charge on any atom is 0.293 e. The molecule has 0 atom stereocenters. The van der Waals surface area contributed by atoms with Crippen LogP contribution in [0, 0.1) is 6.92 Å². The standard InChI is InChI=1S/C27H22BrCl2NO4S/c1-3-34-23-12-19(10-20(28)25(23)35-15-18-8-9-21(29)22(30)11-18)13-24-26(32)31(27(33)36-24)14-17-6-4-16(2)5-7-17/h4-13H,3,14-15H2,1-2H3/b24-13-. The van der Waals surface area contributed by atoms with Gasteiger partial charge in [0.05, 0.1) is 32.6 Å². The van der Waals surface area contributed by atoms with Gasteiger partial charge in [0.1, 0.15) is 6.61 Å². The second-order valence-electron chi connectivity index (χ2n) is 8.05. The van der Waals surface area contributed by atoms with Crippen molar-refractivity contribution in [2.75, 3.05) is 6.61 Å². The molecule has 0 unspecified atom stereocenters. The van der Waals surface area contributed by atoms with Gasteiger partial charge in [0.2, 0.25) is 0 Å². The van der Waals surface area contributed by atoms with Crippen molar-refractivity contribution in [1.29, 1.82) is 0 Å². The zero-order valence-electron chi connectivity index (χ0n) is 19.5. The fourth-order valence-electron chi connectivity index (χ4n) is 3.52. The number of benzene rings is 3. The van der Waals surface area contributed by atoms with Crippen LogP contribution in [0.15, 0.2) is 64.0 Å².